The highest BCUT2D eigenvalue weighted by Crippen LogP contribution is 2.38. The van der Waals surface area contributed by atoms with Gasteiger partial charge in [-0.05, 0) is 96.1 Å². The number of rotatable bonds is 3. The Morgan fingerprint density at radius 1 is 0.538 bits per heavy atom. The summed E-state index contributed by atoms with van der Waals surface area (Å²) in [5.74, 6) is 0. The molecule has 0 radical (unpaired) electrons. The van der Waals surface area contributed by atoms with E-state index < -0.39 is 0 Å². The van der Waals surface area contributed by atoms with Crippen molar-refractivity contribution in [2.45, 2.75) is 19.8 Å². The SMILES string of the molecule is CC1=CCCC=C1c1cccc(-c2ccc3c(c2)c2ccccc2n3-c2ccc3oc4ccccc4c3c2)c1. The van der Waals surface area contributed by atoms with E-state index in [-0.39, 0.29) is 0 Å². The van der Waals surface area contributed by atoms with Crippen LogP contribution < -0.4 is 0 Å². The van der Waals surface area contributed by atoms with Gasteiger partial charge in [-0.25, -0.2) is 0 Å². The van der Waals surface area contributed by atoms with Gasteiger partial charge in [0.25, 0.3) is 0 Å². The monoisotopic (exact) mass is 501 g/mol. The molecule has 0 saturated heterocycles. The first kappa shape index (κ1) is 22.2. The molecule has 0 fully saturated rings. The van der Waals surface area contributed by atoms with Gasteiger partial charge in [0.1, 0.15) is 11.2 Å². The molecule has 0 saturated carbocycles. The molecule has 7 aromatic rings. The molecule has 5 aromatic carbocycles. The largest absolute Gasteiger partial charge is 0.456 e. The first-order valence-corrected chi connectivity index (χ1v) is 13.7. The Morgan fingerprint density at radius 3 is 2.21 bits per heavy atom. The maximum absolute atomic E-state index is 6.11. The maximum Gasteiger partial charge on any atom is 0.135 e. The van der Waals surface area contributed by atoms with E-state index in [1.54, 1.807) is 0 Å². The Labute approximate surface area is 227 Å². The molecule has 0 N–H and O–H groups in total. The molecule has 186 valence electrons. The first-order chi connectivity index (χ1) is 19.2. The van der Waals surface area contributed by atoms with Crippen molar-refractivity contribution in [1.29, 1.82) is 0 Å². The fraction of sp³-hybridized carbons (Fsp3) is 0.0811. The van der Waals surface area contributed by atoms with Gasteiger partial charge in [0.05, 0.1) is 11.0 Å². The van der Waals surface area contributed by atoms with E-state index in [2.05, 4.69) is 121 Å². The summed E-state index contributed by atoms with van der Waals surface area (Å²) in [5, 5.41) is 4.81. The summed E-state index contributed by atoms with van der Waals surface area (Å²) in [6.07, 6.45) is 6.99. The average molecular weight is 502 g/mol. The van der Waals surface area contributed by atoms with Crippen LogP contribution in [0.25, 0.3) is 66.1 Å². The molecule has 2 heteroatoms. The third-order valence-electron chi connectivity index (χ3n) is 8.19. The molecule has 0 bridgehead atoms. The van der Waals surface area contributed by atoms with Crippen LogP contribution in [0.1, 0.15) is 25.3 Å². The van der Waals surface area contributed by atoms with E-state index in [0.29, 0.717) is 0 Å². The third-order valence-corrected chi connectivity index (χ3v) is 8.19. The number of fused-ring (bicyclic) bond motifs is 6. The zero-order valence-corrected chi connectivity index (χ0v) is 21.8. The predicted octanol–water partition coefficient (Wildman–Crippen LogP) is 10.5. The van der Waals surface area contributed by atoms with Gasteiger partial charge in [0.2, 0.25) is 0 Å². The van der Waals surface area contributed by atoms with Crippen LogP contribution >= 0.6 is 0 Å². The van der Waals surface area contributed by atoms with Gasteiger partial charge in [-0.15, -0.1) is 0 Å². The van der Waals surface area contributed by atoms with Crippen molar-refractivity contribution < 1.29 is 4.42 Å². The van der Waals surface area contributed by atoms with E-state index in [4.69, 9.17) is 4.42 Å². The standard InChI is InChI=1S/C37H27NO/c1-24-9-2-3-12-29(24)27-11-8-10-25(21-27)26-17-19-35-32(22-26)30-13-4-6-15-34(30)38(35)28-18-20-37-33(23-28)31-14-5-7-16-36(31)39-37/h4-23H,2-3H2,1H3. The number of aromatic nitrogens is 1. The second kappa shape index (κ2) is 8.61. The van der Waals surface area contributed by atoms with E-state index >= 15 is 0 Å². The normalized spacial score (nSPS) is 13.9. The van der Waals surface area contributed by atoms with E-state index in [0.717, 1.165) is 40.5 Å². The molecule has 0 atom stereocenters. The molecule has 39 heavy (non-hydrogen) atoms. The lowest BCUT2D eigenvalue weighted by molar-refractivity contribution is 0.669. The number of benzene rings is 5. The topological polar surface area (TPSA) is 18.1 Å². The Kier molecular flexibility index (Phi) is 4.90. The van der Waals surface area contributed by atoms with Gasteiger partial charge in [-0.3, -0.25) is 0 Å². The molecule has 2 aromatic heterocycles. The summed E-state index contributed by atoms with van der Waals surface area (Å²) in [4.78, 5) is 0. The Bertz CT molecular complexity index is 2130. The third kappa shape index (κ3) is 3.49. The molecule has 0 spiro atoms. The van der Waals surface area contributed by atoms with Gasteiger partial charge in [0.15, 0.2) is 0 Å². The van der Waals surface area contributed by atoms with Crippen molar-refractivity contribution >= 4 is 49.3 Å². The van der Waals surface area contributed by atoms with Crippen LogP contribution in [0.4, 0.5) is 0 Å². The van der Waals surface area contributed by atoms with E-state index in [9.17, 15) is 0 Å². The maximum atomic E-state index is 6.11. The molecular formula is C37H27NO. The molecule has 0 aliphatic heterocycles. The molecule has 2 nitrogen and oxygen atoms in total. The Balaban J connectivity index is 1.31. The summed E-state index contributed by atoms with van der Waals surface area (Å²) in [6, 6.07) is 39.4. The Hall–Kier alpha value is -4.82. The second-order valence-electron chi connectivity index (χ2n) is 10.5. The highest BCUT2D eigenvalue weighted by molar-refractivity contribution is 6.11. The quantitative estimate of drug-likeness (QED) is 0.235. The van der Waals surface area contributed by atoms with Crippen LogP contribution in [-0.4, -0.2) is 4.57 Å². The second-order valence-corrected chi connectivity index (χ2v) is 10.5. The van der Waals surface area contributed by atoms with Crippen LogP contribution in [0, 0.1) is 0 Å². The zero-order valence-electron chi connectivity index (χ0n) is 21.8. The first-order valence-electron chi connectivity index (χ1n) is 13.7. The molecule has 1 aliphatic rings. The highest BCUT2D eigenvalue weighted by atomic mass is 16.3. The lowest BCUT2D eigenvalue weighted by Crippen LogP contribution is -1.94. The van der Waals surface area contributed by atoms with E-state index in [1.807, 2.05) is 12.1 Å². The van der Waals surface area contributed by atoms with Gasteiger partial charge in [0, 0.05) is 27.2 Å². The van der Waals surface area contributed by atoms with Gasteiger partial charge in [-0.1, -0.05) is 72.8 Å². The number of hydrogen-bond donors (Lipinski definition) is 0. The fourth-order valence-corrected chi connectivity index (χ4v) is 6.29. The van der Waals surface area contributed by atoms with Crippen LogP contribution in [0.2, 0.25) is 0 Å². The minimum atomic E-state index is 0.918. The zero-order chi connectivity index (χ0) is 25.9. The minimum Gasteiger partial charge on any atom is -0.456 e. The Morgan fingerprint density at radius 2 is 1.28 bits per heavy atom. The van der Waals surface area contributed by atoms with Gasteiger partial charge >= 0.3 is 0 Å². The van der Waals surface area contributed by atoms with Crippen LogP contribution in [0.5, 0.6) is 0 Å². The highest BCUT2D eigenvalue weighted by Gasteiger charge is 2.16. The van der Waals surface area contributed by atoms with Crippen molar-refractivity contribution in [1.82, 2.24) is 4.57 Å². The number of allylic oxidation sites excluding steroid dienone is 4. The van der Waals surface area contributed by atoms with Crippen molar-refractivity contribution in [3.63, 3.8) is 0 Å². The molecule has 1 aliphatic carbocycles. The lowest BCUT2D eigenvalue weighted by atomic mass is 9.91. The van der Waals surface area contributed by atoms with Crippen LogP contribution in [0.15, 0.2) is 131 Å². The summed E-state index contributed by atoms with van der Waals surface area (Å²) in [6.45, 7) is 2.22. The van der Waals surface area contributed by atoms with Crippen molar-refractivity contribution in [2.24, 2.45) is 0 Å². The van der Waals surface area contributed by atoms with Crippen LogP contribution in [-0.2, 0) is 0 Å². The van der Waals surface area contributed by atoms with Crippen molar-refractivity contribution in [2.75, 3.05) is 0 Å². The average Bonchev–Trinajstić information content (AvgIpc) is 3.52. The molecule has 0 unspecified atom stereocenters. The summed E-state index contributed by atoms with van der Waals surface area (Å²) < 4.78 is 8.49. The molecule has 2 heterocycles. The number of furan rings is 1. The fourth-order valence-electron chi connectivity index (χ4n) is 6.29. The number of para-hydroxylation sites is 2. The summed E-state index contributed by atoms with van der Waals surface area (Å²) in [7, 11) is 0. The molecule has 8 rings (SSSR count). The van der Waals surface area contributed by atoms with Crippen molar-refractivity contribution in [3.05, 3.63) is 132 Å². The number of nitrogens with zero attached hydrogens (tertiary/aromatic N) is 1. The van der Waals surface area contributed by atoms with Gasteiger partial charge in [-0.2, -0.15) is 0 Å². The smallest absolute Gasteiger partial charge is 0.135 e. The van der Waals surface area contributed by atoms with E-state index in [1.165, 1.54) is 49.6 Å². The summed E-state index contributed by atoms with van der Waals surface area (Å²) >= 11 is 0. The number of hydrogen-bond acceptors (Lipinski definition) is 1. The van der Waals surface area contributed by atoms with Crippen molar-refractivity contribution in [3.8, 4) is 16.8 Å². The predicted molar refractivity (Wildman–Crippen MR) is 164 cm³/mol. The minimum absolute atomic E-state index is 0.918. The molecular weight excluding hydrogens is 474 g/mol. The molecule has 0 amide bonds. The van der Waals surface area contributed by atoms with Crippen LogP contribution in [0.3, 0.4) is 0 Å². The lowest BCUT2D eigenvalue weighted by Gasteiger charge is -2.14. The summed E-state index contributed by atoms with van der Waals surface area (Å²) in [5.41, 5.74) is 11.9. The van der Waals surface area contributed by atoms with Gasteiger partial charge < -0.3 is 8.98 Å².